The molecule has 0 aromatic rings. The van der Waals surface area contributed by atoms with E-state index >= 15 is 0 Å². The molecule has 1 fully saturated rings. The molecule has 1 heterocycles. The number of hydrogen-bond acceptors (Lipinski definition) is 5. The van der Waals surface area contributed by atoms with E-state index in [9.17, 15) is 4.79 Å². The van der Waals surface area contributed by atoms with Crippen LogP contribution in [0, 0.1) is 28.6 Å². The summed E-state index contributed by atoms with van der Waals surface area (Å²) in [6, 6.07) is 0. The first-order valence-electron chi connectivity index (χ1n) is 7.58. The number of rotatable bonds is 3. The molecular formula is C16H29NO4. The molecule has 0 saturated carbocycles. The zero-order valence-corrected chi connectivity index (χ0v) is 14.2. The van der Waals surface area contributed by atoms with Crippen molar-refractivity contribution >= 4 is 11.9 Å². The molecule has 122 valence electrons. The van der Waals surface area contributed by atoms with Gasteiger partial charge >= 0.3 is 5.97 Å². The van der Waals surface area contributed by atoms with Crippen molar-refractivity contribution < 1.29 is 19.0 Å². The van der Waals surface area contributed by atoms with Crippen LogP contribution < -0.4 is 0 Å². The van der Waals surface area contributed by atoms with Gasteiger partial charge in [0.15, 0.2) is 5.90 Å². The first kappa shape index (κ1) is 18.0. The Bertz CT molecular complexity index is 388. The Morgan fingerprint density at radius 3 is 2.19 bits per heavy atom. The predicted molar refractivity (Wildman–Crippen MR) is 81.1 cm³/mol. The van der Waals surface area contributed by atoms with Crippen molar-refractivity contribution in [1.82, 2.24) is 0 Å². The maximum Gasteiger partial charge on any atom is 0.311 e. The molecular weight excluding hydrogens is 270 g/mol. The second kappa shape index (κ2) is 6.77. The second-order valence-corrected chi connectivity index (χ2v) is 7.14. The van der Waals surface area contributed by atoms with Crippen LogP contribution in [0.15, 0.2) is 0 Å². The van der Waals surface area contributed by atoms with E-state index in [2.05, 4.69) is 20.8 Å². The number of hydrogen-bond donors (Lipinski definition) is 1. The Morgan fingerprint density at radius 2 is 1.71 bits per heavy atom. The van der Waals surface area contributed by atoms with Crippen LogP contribution in [0.2, 0.25) is 0 Å². The smallest absolute Gasteiger partial charge is 0.311 e. The summed E-state index contributed by atoms with van der Waals surface area (Å²) in [4.78, 5) is 11.9. The minimum absolute atomic E-state index is 0.138. The zero-order chi connectivity index (χ0) is 16.4. The molecule has 5 unspecified atom stereocenters. The molecule has 5 heteroatoms. The summed E-state index contributed by atoms with van der Waals surface area (Å²) in [6.45, 7) is 13.6. The van der Waals surface area contributed by atoms with E-state index in [1.165, 1.54) is 0 Å². The molecule has 0 spiro atoms. The molecule has 5 atom stereocenters. The molecule has 0 aromatic carbocycles. The summed E-state index contributed by atoms with van der Waals surface area (Å²) < 4.78 is 16.7. The van der Waals surface area contributed by atoms with E-state index in [0.29, 0.717) is 5.92 Å². The van der Waals surface area contributed by atoms with Gasteiger partial charge in [-0.05, 0) is 32.6 Å². The van der Waals surface area contributed by atoms with Crippen LogP contribution >= 0.6 is 0 Å². The lowest BCUT2D eigenvalue weighted by atomic mass is 9.79. The fraction of sp³-hybridized carbons (Fsp3) is 0.875. The summed E-state index contributed by atoms with van der Waals surface area (Å²) >= 11 is 0. The van der Waals surface area contributed by atoms with Gasteiger partial charge in [-0.2, -0.15) is 0 Å². The van der Waals surface area contributed by atoms with Crippen molar-refractivity contribution in [2.24, 2.45) is 23.2 Å². The van der Waals surface area contributed by atoms with Crippen molar-refractivity contribution in [3.05, 3.63) is 0 Å². The minimum atomic E-state index is -0.516. The first-order valence-corrected chi connectivity index (χ1v) is 7.58. The van der Waals surface area contributed by atoms with Crippen LogP contribution in [0.25, 0.3) is 0 Å². The van der Waals surface area contributed by atoms with Gasteiger partial charge in [-0.25, -0.2) is 0 Å². The van der Waals surface area contributed by atoms with Crippen LogP contribution in [-0.2, 0) is 19.0 Å². The quantitative estimate of drug-likeness (QED) is 0.493. The lowest BCUT2D eigenvalue weighted by Gasteiger charge is -2.42. The van der Waals surface area contributed by atoms with Crippen LogP contribution in [0.3, 0.4) is 0 Å². The summed E-state index contributed by atoms with van der Waals surface area (Å²) in [5.74, 6) is 0.722. The third-order valence-electron chi connectivity index (χ3n) is 4.27. The molecule has 1 N–H and O–H groups in total. The van der Waals surface area contributed by atoms with E-state index in [4.69, 9.17) is 19.6 Å². The number of carbonyl (C=O) groups excluding carboxylic acids is 1. The SMILES string of the molecule is CC(=N)OC1OC(COC(=O)C(C)(C)C)C(C)C(C)C1C. The summed E-state index contributed by atoms with van der Waals surface area (Å²) in [5.41, 5.74) is -0.516. The number of ether oxygens (including phenoxy) is 3. The fourth-order valence-corrected chi connectivity index (χ4v) is 2.36. The van der Waals surface area contributed by atoms with Gasteiger partial charge in [-0.15, -0.1) is 0 Å². The minimum Gasteiger partial charge on any atom is -0.463 e. The molecule has 1 rings (SSSR count). The third kappa shape index (κ3) is 4.70. The Labute approximate surface area is 127 Å². The van der Waals surface area contributed by atoms with Crippen molar-refractivity contribution in [3.8, 4) is 0 Å². The van der Waals surface area contributed by atoms with Crippen LogP contribution in [0.5, 0.6) is 0 Å². The topological polar surface area (TPSA) is 68.6 Å². The number of carbonyl (C=O) groups is 1. The maximum absolute atomic E-state index is 11.9. The predicted octanol–water partition coefficient (Wildman–Crippen LogP) is 3.22. The molecule has 1 saturated heterocycles. The van der Waals surface area contributed by atoms with E-state index in [1.807, 2.05) is 20.8 Å². The molecule has 0 bridgehead atoms. The van der Waals surface area contributed by atoms with E-state index in [0.717, 1.165) is 0 Å². The average Bonchev–Trinajstić information content (AvgIpc) is 2.36. The number of nitrogens with one attached hydrogen (secondary N) is 1. The Hall–Kier alpha value is -1.10. The van der Waals surface area contributed by atoms with Gasteiger partial charge in [0.05, 0.1) is 11.5 Å². The van der Waals surface area contributed by atoms with Gasteiger partial charge in [-0.1, -0.05) is 20.8 Å². The highest BCUT2D eigenvalue weighted by Gasteiger charge is 2.41. The van der Waals surface area contributed by atoms with Crippen molar-refractivity contribution in [2.75, 3.05) is 6.61 Å². The molecule has 1 aliphatic rings. The summed E-state index contributed by atoms with van der Waals surface area (Å²) in [7, 11) is 0. The van der Waals surface area contributed by atoms with Gasteiger partial charge in [-0.3, -0.25) is 10.2 Å². The third-order valence-corrected chi connectivity index (χ3v) is 4.27. The van der Waals surface area contributed by atoms with Crippen LogP contribution in [0.1, 0.15) is 48.5 Å². The van der Waals surface area contributed by atoms with E-state index in [1.54, 1.807) is 6.92 Å². The second-order valence-electron chi connectivity index (χ2n) is 7.14. The highest BCUT2D eigenvalue weighted by atomic mass is 16.7. The lowest BCUT2D eigenvalue weighted by Crippen LogP contribution is -2.48. The Kier molecular flexibility index (Phi) is 5.79. The van der Waals surface area contributed by atoms with Gasteiger partial charge in [0.25, 0.3) is 0 Å². The monoisotopic (exact) mass is 299 g/mol. The Balaban J connectivity index is 2.68. The van der Waals surface area contributed by atoms with Crippen molar-refractivity contribution in [2.45, 2.75) is 60.9 Å². The van der Waals surface area contributed by atoms with Gasteiger partial charge in [0, 0.05) is 12.8 Å². The fourth-order valence-electron chi connectivity index (χ4n) is 2.36. The molecule has 0 amide bonds. The van der Waals surface area contributed by atoms with Gasteiger partial charge in [0.1, 0.15) is 6.61 Å². The summed E-state index contributed by atoms with van der Waals surface area (Å²) in [6.07, 6.45) is -0.654. The highest BCUT2D eigenvalue weighted by molar-refractivity contribution is 5.75. The average molecular weight is 299 g/mol. The molecule has 21 heavy (non-hydrogen) atoms. The van der Waals surface area contributed by atoms with Crippen molar-refractivity contribution in [3.63, 3.8) is 0 Å². The summed E-state index contributed by atoms with van der Waals surface area (Å²) in [5, 5.41) is 7.47. The van der Waals surface area contributed by atoms with Crippen LogP contribution in [-0.4, -0.2) is 30.9 Å². The maximum atomic E-state index is 11.9. The standard InChI is InChI=1S/C16H29NO4/c1-9-10(2)13(8-19-15(18)16(5,6)7)21-14(11(9)3)20-12(4)17/h9-11,13-14,17H,8H2,1-7H3. The van der Waals surface area contributed by atoms with E-state index < -0.39 is 11.7 Å². The zero-order valence-electron chi connectivity index (χ0n) is 14.2. The van der Waals surface area contributed by atoms with Crippen LogP contribution in [0.4, 0.5) is 0 Å². The number of esters is 1. The normalized spacial score (nSPS) is 33.4. The van der Waals surface area contributed by atoms with Gasteiger partial charge < -0.3 is 14.2 Å². The lowest BCUT2D eigenvalue weighted by molar-refractivity contribution is -0.230. The van der Waals surface area contributed by atoms with Gasteiger partial charge in [0.2, 0.25) is 6.29 Å². The molecule has 1 aliphatic heterocycles. The largest absolute Gasteiger partial charge is 0.463 e. The molecule has 0 aromatic heterocycles. The molecule has 0 aliphatic carbocycles. The Morgan fingerprint density at radius 1 is 1.14 bits per heavy atom. The van der Waals surface area contributed by atoms with E-state index in [-0.39, 0.29) is 36.4 Å². The first-order chi connectivity index (χ1) is 9.54. The highest BCUT2D eigenvalue weighted by Crippen LogP contribution is 2.35. The molecule has 5 nitrogen and oxygen atoms in total. The van der Waals surface area contributed by atoms with Crippen molar-refractivity contribution in [1.29, 1.82) is 5.41 Å². The molecule has 0 radical (unpaired) electrons.